The Bertz CT molecular complexity index is 351. The molecule has 0 bridgehead atoms. The first-order valence-corrected chi connectivity index (χ1v) is 10.4. The van der Waals surface area contributed by atoms with Crippen LogP contribution in [0.2, 0.25) is 0 Å². The molecule has 128 valence electrons. The van der Waals surface area contributed by atoms with Crippen molar-refractivity contribution in [3.8, 4) is 0 Å². The molecule has 4 nitrogen and oxygen atoms in total. The molecule has 2 N–H and O–H groups in total. The van der Waals surface area contributed by atoms with Crippen LogP contribution >= 0.6 is 48.0 Å². The Balaban J connectivity index is -0.000000333. The average molecular weight is 446 g/mol. The molecule has 0 aliphatic heterocycles. The zero-order chi connectivity index (χ0) is 17.4. The van der Waals surface area contributed by atoms with Crippen LogP contribution in [0.1, 0.15) is 53.4 Å². The van der Waals surface area contributed by atoms with E-state index in [0.717, 1.165) is 45.7 Å². The number of rotatable bonds is 6. The molecule has 0 heterocycles. The zero-order valence-corrected chi connectivity index (χ0v) is 21.3. The average Bonchev–Trinajstić information content (AvgIpc) is 2.51. The summed E-state index contributed by atoms with van der Waals surface area (Å²) in [4.78, 5) is 0. The molecule has 0 aliphatic carbocycles. The Morgan fingerprint density at radius 1 is 0.826 bits per heavy atom. The van der Waals surface area contributed by atoms with Crippen molar-refractivity contribution < 1.29 is 19.5 Å². The molecule has 23 heavy (non-hydrogen) atoms. The van der Waals surface area contributed by atoms with Crippen molar-refractivity contribution in [2.75, 3.05) is 12.5 Å². The standard InChI is InChI=1S/2C7H14N2S2.Zn/c2*1-4-5-6(2)8-9-7(10)11-3;/h2*4-5H2,1-3H3,(H,9,10);/q;;+2/b2*8-6+;. The van der Waals surface area contributed by atoms with E-state index in [-0.39, 0.29) is 19.5 Å². The summed E-state index contributed by atoms with van der Waals surface area (Å²) in [5, 5.41) is 8.18. The maximum Gasteiger partial charge on any atom is 2.00 e. The molecule has 0 aliphatic rings. The van der Waals surface area contributed by atoms with Crippen molar-refractivity contribution in [2.45, 2.75) is 53.4 Å². The molecule has 0 amide bonds. The van der Waals surface area contributed by atoms with Crippen LogP contribution < -0.4 is 10.9 Å². The van der Waals surface area contributed by atoms with Gasteiger partial charge in [-0.15, -0.1) is 0 Å². The van der Waals surface area contributed by atoms with Crippen molar-refractivity contribution in [1.82, 2.24) is 10.9 Å². The van der Waals surface area contributed by atoms with E-state index < -0.39 is 0 Å². The summed E-state index contributed by atoms with van der Waals surface area (Å²) in [6.45, 7) is 8.26. The Morgan fingerprint density at radius 2 is 1.13 bits per heavy atom. The fourth-order valence-corrected chi connectivity index (χ4v) is 1.57. The van der Waals surface area contributed by atoms with Gasteiger partial charge >= 0.3 is 19.5 Å². The van der Waals surface area contributed by atoms with Gasteiger partial charge in [0.25, 0.3) is 0 Å². The second-order valence-electron chi connectivity index (χ2n) is 4.40. The van der Waals surface area contributed by atoms with Gasteiger partial charge in [-0.25, -0.2) is 0 Å². The summed E-state index contributed by atoms with van der Waals surface area (Å²) < 4.78 is 1.45. The maximum atomic E-state index is 4.90. The number of nitrogens with zero attached hydrogens (tertiary/aromatic N) is 2. The van der Waals surface area contributed by atoms with E-state index in [1.807, 2.05) is 26.4 Å². The van der Waals surface area contributed by atoms with Crippen molar-refractivity contribution in [3.63, 3.8) is 0 Å². The molecule has 0 fully saturated rings. The van der Waals surface area contributed by atoms with E-state index in [9.17, 15) is 0 Å². The molecule has 0 aromatic rings. The summed E-state index contributed by atoms with van der Waals surface area (Å²) in [5.41, 5.74) is 7.80. The molecule has 0 aromatic heterocycles. The van der Waals surface area contributed by atoms with E-state index in [4.69, 9.17) is 24.4 Å². The second-order valence-corrected chi connectivity index (χ2v) is 7.37. The van der Waals surface area contributed by atoms with Crippen LogP contribution in [-0.4, -0.2) is 32.6 Å². The van der Waals surface area contributed by atoms with Crippen LogP contribution in [0.3, 0.4) is 0 Å². The molecular weight excluding hydrogens is 418 g/mol. The Hall–Kier alpha value is 0.443. The van der Waals surface area contributed by atoms with Gasteiger partial charge < -0.3 is 0 Å². The van der Waals surface area contributed by atoms with E-state index in [0.29, 0.717) is 0 Å². The molecular formula is C14H28N4S4Zn+2. The van der Waals surface area contributed by atoms with Gasteiger partial charge in [0.05, 0.1) is 0 Å². The van der Waals surface area contributed by atoms with Crippen LogP contribution in [0.25, 0.3) is 0 Å². The van der Waals surface area contributed by atoms with Crippen molar-refractivity contribution in [3.05, 3.63) is 0 Å². The fraction of sp³-hybridized carbons (Fsp3) is 0.714. The molecule has 0 saturated carbocycles. The molecule has 0 spiro atoms. The third-order valence-electron chi connectivity index (χ3n) is 2.27. The SMILES string of the molecule is CCC/C(C)=N/NC(=S)SC.CCC/C(C)=N/NC(=S)SC.[Zn+2]. The predicted molar refractivity (Wildman–Crippen MR) is 115 cm³/mol. The Kier molecular flexibility index (Phi) is 25.2. The molecule has 0 radical (unpaired) electrons. The van der Waals surface area contributed by atoms with Crippen molar-refractivity contribution in [2.24, 2.45) is 10.2 Å². The Morgan fingerprint density at radius 3 is 1.35 bits per heavy atom. The van der Waals surface area contributed by atoms with Gasteiger partial charge in [0.1, 0.15) is 0 Å². The summed E-state index contributed by atoms with van der Waals surface area (Å²) >= 11 is 12.8. The summed E-state index contributed by atoms with van der Waals surface area (Å²) in [6, 6.07) is 0. The van der Waals surface area contributed by atoms with E-state index in [1.54, 1.807) is 0 Å². The van der Waals surface area contributed by atoms with Gasteiger partial charge in [-0.2, -0.15) is 10.2 Å². The van der Waals surface area contributed by atoms with Crippen LogP contribution in [-0.2, 0) is 19.5 Å². The van der Waals surface area contributed by atoms with Crippen molar-refractivity contribution in [1.29, 1.82) is 0 Å². The molecule has 0 aromatic carbocycles. The largest absolute Gasteiger partial charge is 2.00 e. The summed E-state index contributed by atoms with van der Waals surface area (Å²) in [7, 11) is 0. The van der Waals surface area contributed by atoms with Gasteiger partial charge in [-0.3, -0.25) is 10.9 Å². The molecule has 0 unspecified atom stereocenters. The van der Waals surface area contributed by atoms with Crippen LogP contribution in [0, 0.1) is 0 Å². The number of hydrogen-bond donors (Lipinski definition) is 2. The van der Waals surface area contributed by atoms with E-state index >= 15 is 0 Å². The van der Waals surface area contributed by atoms with Crippen LogP contribution in [0.5, 0.6) is 0 Å². The number of thiocarbonyl (C=S) groups is 2. The number of hydrogen-bond acceptors (Lipinski definition) is 6. The maximum absolute atomic E-state index is 4.90. The second kappa shape index (κ2) is 20.5. The minimum Gasteiger partial charge on any atom is -0.262 e. The van der Waals surface area contributed by atoms with Crippen LogP contribution in [0.15, 0.2) is 10.2 Å². The summed E-state index contributed by atoms with van der Waals surface area (Å²) in [5.74, 6) is 0. The van der Waals surface area contributed by atoms with Crippen LogP contribution in [0.4, 0.5) is 0 Å². The third kappa shape index (κ3) is 22.4. The topological polar surface area (TPSA) is 48.8 Å². The first-order valence-electron chi connectivity index (χ1n) is 7.15. The van der Waals surface area contributed by atoms with Gasteiger partial charge in [0.2, 0.25) is 0 Å². The minimum atomic E-state index is 0. The third-order valence-corrected chi connectivity index (χ3v) is 4.38. The summed E-state index contributed by atoms with van der Waals surface area (Å²) in [6.07, 6.45) is 8.18. The van der Waals surface area contributed by atoms with Gasteiger partial charge in [0.15, 0.2) is 8.64 Å². The number of hydrazone groups is 2. The zero-order valence-electron chi connectivity index (χ0n) is 15.1. The fourth-order valence-electron chi connectivity index (χ4n) is 1.21. The number of thioether (sulfide) groups is 2. The quantitative estimate of drug-likeness (QED) is 0.265. The molecule has 0 rings (SSSR count). The van der Waals surface area contributed by atoms with Crippen molar-refractivity contribution >= 4 is 68.0 Å². The molecule has 0 saturated heterocycles. The Labute approximate surface area is 173 Å². The number of nitrogens with one attached hydrogen (secondary N) is 2. The van der Waals surface area contributed by atoms with E-state index in [2.05, 4.69) is 34.9 Å². The van der Waals surface area contributed by atoms with Gasteiger partial charge in [-0.1, -0.05) is 74.6 Å². The van der Waals surface area contributed by atoms with Gasteiger partial charge in [0, 0.05) is 11.4 Å². The predicted octanol–water partition coefficient (Wildman–Crippen LogP) is 4.80. The first kappa shape index (κ1) is 28.3. The van der Waals surface area contributed by atoms with Gasteiger partial charge in [-0.05, 0) is 39.2 Å². The molecule has 0 atom stereocenters. The minimum absolute atomic E-state index is 0. The normalized spacial score (nSPS) is 10.9. The first-order chi connectivity index (χ1) is 10.4. The molecule has 9 heteroatoms. The van der Waals surface area contributed by atoms with E-state index in [1.165, 1.54) is 23.5 Å². The smallest absolute Gasteiger partial charge is 0.262 e. The monoisotopic (exact) mass is 444 g/mol.